The first-order valence-corrected chi connectivity index (χ1v) is 8.93. The third kappa shape index (κ3) is 5.21. The zero-order valence-corrected chi connectivity index (χ0v) is 14.2. The highest BCUT2D eigenvalue weighted by atomic mass is 19.4. The largest absolute Gasteiger partial charge is 0.465 e. The number of aryl methyl sites for hydroxylation is 1. The Balaban J connectivity index is 1.38. The molecule has 3 rings (SSSR count). The second-order valence-electron chi connectivity index (χ2n) is 7.16. The van der Waals surface area contributed by atoms with Crippen LogP contribution in [0.5, 0.6) is 0 Å². The molecule has 1 atom stereocenters. The Hall–Kier alpha value is -1.56. The van der Waals surface area contributed by atoms with E-state index in [0.29, 0.717) is 39.0 Å². The first-order chi connectivity index (χ1) is 11.9. The molecule has 138 valence electrons. The second-order valence-corrected chi connectivity index (χ2v) is 7.16. The number of rotatable bonds is 5. The number of hydrogen-bond acceptors (Lipinski definition) is 3. The Bertz CT molecular complexity index is 595. The van der Waals surface area contributed by atoms with Crippen molar-refractivity contribution >= 4 is 5.97 Å². The fourth-order valence-electron chi connectivity index (χ4n) is 3.89. The van der Waals surface area contributed by atoms with E-state index in [1.165, 1.54) is 16.0 Å². The Kier molecular flexibility index (Phi) is 5.67. The van der Waals surface area contributed by atoms with Crippen molar-refractivity contribution in [3.8, 4) is 0 Å². The number of benzene rings is 1. The van der Waals surface area contributed by atoms with Gasteiger partial charge < -0.3 is 4.74 Å². The summed E-state index contributed by atoms with van der Waals surface area (Å²) in [6.45, 7) is 0.309. The molecule has 0 N–H and O–H groups in total. The number of carbonyl (C=O) groups is 1. The van der Waals surface area contributed by atoms with Crippen molar-refractivity contribution in [3.05, 3.63) is 35.4 Å². The molecular formula is C19H24F3NO2. The number of esters is 1. The minimum atomic E-state index is -4.14. The molecule has 1 saturated heterocycles. The van der Waals surface area contributed by atoms with Crippen LogP contribution in [0.2, 0.25) is 0 Å². The SMILES string of the molecule is O=C(CC1CCc2ccccc21)OCC1CCN(CC(F)(F)F)CC1. The summed E-state index contributed by atoms with van der Waals surface area (Å²) in [6, 6.07) is 8.20. The van der Waals surface area contributed by atoms with Gasteiger partial charge in [-0.15, -0.1) is 0 Å². The molecule has 3 nitrogen and oxygen atoms in total. The summed E-state index contributed by atoms with van der Waals surface area (Å²) in [5, 5.41) is 0. The van der Waals surface area contributed by atoms with Crippen LogP contribution >= 0.6 is 0 Å². The van der Waals surface area contributed by atoms with Crippen LogP contribution in [0.1, 0.15) is 42.7 Å². The maximum atomic E-state index is 12.4. The molecule has 2 aliphatic rings. The predicted molar refractivity (Wildman–Crippen MR) is 88.3 cm³/mol. The van der Waals surface area contributed by atoms with Crippen molar-refractivity contribution in [1.82, 2.24) is 4.90 Å². The molecule has 0 bridgehead atoms. The van der Waals surface area contributed by atoms with E-state index in [4.69, 9.17) is 4.74 Å². The van der Waals surface area contributed by atoms with E-state index >= 15 is 0 Å². The minimum Gasteiger partial charge on any atom is -0.465 e. The van der Waals surface area contributed by atoms with Crippen molar-refractivity contribution < 1.29 is 22.7 Å². The molecule has 0 spiro atoms. The summed E-state index contributed by atoms with van der Waals surface area (Å²) in [6.07, 6.45) is -0.470. The Morgan fingerprint density at radius 1 is 1.16 bits per heavy atom. The van der Waals surface area contributed by atoms with Gasteiger partial charge in [0.2, 0.25) is 0 Å². The zero-order chi connectivity index (χ0) is 17.9. The van der Waals surface area contributed by atoms with Gasteiger partial charge >= 0.3 is 12.1 Å². The van der Waals surface area contributed by atoms with E-state index in [2.05, 4.69) is 12.1 Å². The maximum Gasteiger partial charge on any atom is 0.401 e. The fraction of sp³-hybridized carbons (Fsp3) is 0.632. The monoisotopic (exact) mass is 355 g/mol. The molecule has 25 heavy (non-hydrogen) atoms. The summed E-state index contributed by atoms with van der Waals surface area (Å²) < 4.78 is 42.6. The van der Waals surface area contributed by atoms with Crippen molar-refractivity contribution in [2.75, 3.05) is 26.2 Å². The Labute approximate surface area is 146 Å². The van der Waals surface area contributed by atoms with E-state index in [-0.39, 0.29) is 17.8 Å². The lowest BCUT2D eigenvalue weighted by Crippen LogP contribution is -2.40. The van der Waals surface area contributed by atoms with E-state index in [9.17, 15) is 18.0 Å². The molecule has 1 unspecified atom stereocenters. The highest BCUT2D eigenvalue weighted by Crippen LogP contribution is 2.35. The van der Waals surface area contributed by atoms with Crippen molar-refractivity contribution in [2.45, 2.75) is 44.2 Å². The third-order valence-corrected chi connectivity index (χ3v) is 5.26. The van der Waals surface area contributed by atoms with Gasteiger partial charge in [-0.3, -0.25) is 9.69 Å². The average Bonchev–Trinajstić information content (AvgIpc) is 2.96. The standard InChI is InChI=1S/C19H24F3NO2/c20-19(21,22)13-23-9-7-14(8-10-23)12-25-18(24)11-16-6-5-15-3-1-2-4-17(15)16/h1-4,14,16H,5-13H2. The van der Waals surface area contributed by atoms with Gasteiger partial charge in [-0.25, -0.2) is 0 Å². The first kappa shape index (κ1) is 18.2. The summed E-state index contributed by atoms with van der Waals surface area (Å²) in [7, 11) is 0. The number of ether oxygens (including phenoxy) is 1. The third-order valence-electron chi connectivity index (χ3n) is 5.26. The van der Waals surface area contributed by atoms with Gasteiger partial charge in [0.25, 0.3) is 0 Å². The molecular weight excluding hydrogens is 331 g/mol. The van der Waals surface area contributed by atoms with Crippen molar-refractivity contribution in [3.63, 3.8) is 0 Å². The number of fused-ring (bicyclic) bond motifs is 1. The summed E-state index contributed by atoms with van der Waals surface area (Å²) >= 11 is 0. The van der Waals surface area contributed by atoms with Crippen LogP contribution in [-0.4, -0.2) is 43.3 Å². The van der Waals surface area contributed by atoms with Crippen LogP contribution in [-0.2, 0) is 16.0 Å². The van der Waals surface area contributed by atoms with Gasteiger partial charge in [-0.2, -0.15) is 13.2 Å². The molecule has 0 radical (unpaired) electrons. The van der Waals surface area contributed by atoms with Crippen LogP contribution in [0.4, 0.5) is 13.2 Å². The maximum absolute atomic E-state index is 12.4. The van der Waals surface area contributed by atoms with E-state index in [0.717, 1.165) is 12.8 Å². The van der Waals surface area contributed by atoms with Crippen molar-refractivity contribution in [2.24, 2.45) is 5.92 Å². The van der Waals surface area contributed by atoms with Gasteiger partial charge in [0.05, 0.1) is 19.6 Å². The number of alkyl halides is 3. The highest BCUT2D eigenvalue weighted by molar-refractivity contribution is 5.71. The average molecular weight is 355 g/mol. The van der Waals surface area contributed by atoms with Crippen molar-refractivity contribution in [1.29, 1.82) is 0 Å². The number of carbonyl (C=O) groups excluding carboxylic acids is 1. The van der Waals surface area contributed by atoms with Gasteiger partial charge in [0, 0.05) is 0 Å². The highest BCUT2D eigenvalue weighted by Gasteiger charge is 2.33. The minimum absolute atomic E-state index is 0.171. The zero-order valence-electron chi connectivity index (χ0n) is 14.2. The van der Waals surface area contributed by atoms with E-state index < -0.39 is 12.7 Å². The molecule has 1 fully saturated rings. The molecule has 1 heterocycles. The lowest BCUT2D eigenvalue weighted by atomic mass is 9.97. The molecule has 0 aromatic heterocycles. The Morgan fingerprint density at radius 2 is 1.88 bits per heavy atom. The number of nitrogens with zero attached hydrogens (tertiary/aromatic N) is 1. The normalized spacial score (nSPS) is 22.0. The molecule has 1 aliphatic heterocycles. The van der Waals surface area contributed by atoms with Gasteiger partial charge in [0.1, 0.15) is 0 Å². The molecule has 6 heteroatoms. The van der Waals surface area contributed by atoms with Crippen LogP contribution in [0.15, 0.2) is 24.3 Å². The van der Waals surface area contributed by atoms with Crippen LogP contribution in [0.25, 0.3) is 0 Å². The molecule has 0 saturated carbocycles. The number of piperidine rings is 1. The van der Waals surface area contributed by atoms with Gasteiger partial charge in [-0.05, 0) is 61.7 Å². The topological polar surface area (TPSA) is 29.5 Å². The van der Waals surface area contributed by atoms with Crippen LogP contribution in [0.3, 0.4) is 0 Å². The first-order valence-electron chi connectivity index (χ1n) is 8.93. The lowest BCUT2D eigenvalue weighted by molar-refractivity contribution is -0.151. The summed E-state index contributed by atoms with van der Waals surface area (Å²) in [5.41, 5.74) is 2.57. The second kappa shape index (κ2) is 7.77. The van der Waals surface area contributed by atoms with E-state index in [1.54, 1.807) is 0 Å². The summed E-state index contributed by atoms with van der Waals surface area (Å²) in [5.74, 6) is 0.209. The number of halogens is 3. The smallest absolute Gasteiger partial charge is 0.401 e. The molecule has 1 aromatic rings. The fourth-order valence-corrected chi connectivity index (χ4v) is 3.89. The number of hydrogen-bond donors (Lipinski definition) is 0. The van der Waals surface area contributed by atoms with Crippen LogP contribution < -0.4 is 0 Å². The van der Waals surface area contributed by atoms with E-state index in [1.807, 2.05) is 12.1 Å². The number of likely N-dealkylation sites (tertiary alicyclic amines) is 1. The predicted octanol–water partition coefficient (Wildman–Crippen LogP) is 3.92. The quantitative estimate of drug-likeness (QED) is 0.750. The molecule has 1 aliphatic carbocycles. The molecule has 0 amide bonds. The lowest BCUT2D eigenvalue weighted by Gasteiger charge is -2.32. The summed E-state index contributed by atoms with van der Waals surface area (Å²) in [4.78, 5) is 13.5. The molecule has 1 aromatic carbocycles. The van der Waals surface area contributed by atoms with Gasteiger partial charge in [0.15, 0.2) is 0 Å². The van der Waals surface area contributed by atoms with Crippen LogP contribution in [0, 0.1) is 5.92 Å². The van der Waals surface area contributed by atoms with Gasteiger partial charge in [-0.1, -0.05) is 24.3 Å². The Morgan fingerprint density at radius 3 is 2.60 bits per heavy atom.